The van der Waals surface area contributed by atoms with Crippen LogP contribution in [0.25, 0.3) is 11.0 Å². The molecule has 6 heteroatoms. The first-order chi connectivity index (χ1) is 12.2. The lowest BCUT2D eigenvalue weighted by Gasteiger charge is -2.35. The highest BCUT2D eigenvalue weighted by molar-refractivity contribution is 5.79. The Balaban J connectivity index is 1.32. The van der Waals surface area contributed by atoms with E-state index in [9.17, 15) is 4.79 Å². The average molecular weight is 342 g/mol. The van der Waals surface area contributed by atoms with Crippen LogP contribution in [0.5, 0.6) is 0 Å². The molecule has 0 saturated carbocycles. The molecule has 2 aliphatic rings. The number of morpholine rings is 1. The van der Waals surface area contributed by atoms with Crippen molar-refractivity contribution in [2.24, 2.45) is 5.92 Å². The standard InChI is InChI=1S/C19H26N4O2/c1-14-2-3-16-17(12-14)21-18(20-16)13-22-6-4-15(5-7-22)19(24)23-8-10-25-11-9-23/h2-3,12,15H,4-11,13H2,1H3,(H,20,21). The predicted molar refractivity (Wildman–Crippen MR) is 96.2 cm³/mol. The van der Waals surface area contributed by atoms with Crippen molar-refractivity contribution in [3.8, 4) is 0 Å². The predicted octanol–water partition coefficient (Wildman–Crippen LogP) is 1.94. The van der Waals surface area contributed by atoms with Crippen molar-refractivity contribution in [2.45, 2.75) is 26.3 Å². The smallest absolute Gasteiger partial charge is 0.225 e. The van der Waals surface area contributed by atoms with E-state index < -0.39 is 0 Å². The number of nitrogens with one attached hydrogen (secondary N) is 1. The molecule has 0 spiro atoms. The number of aromatic nitrogens is 2. The van der Waals surface area contributed by atoms with Crippen LogP contribution in [0, 0.1) is 12.8 Å². The zero-order chi connectivity index (χ0) is 17.2. The van der Waals surface area contributed by atoms with Gasteiger partial charge < -0.3 is 14.6 Å². The Kier molecular flexibility index (Phi) is 4.72. The molecule has 134 valence electrons. The Bertz CT molecular complexity index is 743. The summed E-state index contributed by atoms with van der Waals surface area (Å²) in [6.45, 7) is 7.68. The van der Waals surface area contributed by atoms with Crippen LogP contribution >= 0.6 is 0 Å². The van der Waals surface area contributed by atoms with E-state index in [0.29, 0.717) is 19.1 Å². The molecule has 4 rings (SSSR count). The quantitative estimate of drug-likeness (QED) is 0.926. The minimum Gasteiger partial charge on any atom is -0.378 e. The normalized spacial score (nSPS) is 20.3. The summed E-state index contributed by atoms with van der Waals surface area (Å²) in [5.41, 5.74) is 3.37. The Morgan fingerprint density at radius 3 is 2.76 bits per heavy atom. The van der Waals surface area contributed by atoms with Gasteiger partial charge in [0.1, 0.15) is 5.82 Å². The zero-order valence-electron chi connectivity index (χ0n) is 14.8. The fourth-order valence-electron chi connectivity index (χ4n) is 3.84. The Morgan fingerprint density at radius 1 is 1.24 bits per heavy atom. The number of hydrogen-bond donors (Lipinski definition) is 1. The molecule has 1 aromatic carbocycles. The minimum atomic E-state index is 0.174. The summed E-state index contributed by atoms with van der Waals surface area (Å²) in [5, 5.41) is 0. The van der Waals surface area contributed by atoms with E-state index in [2.05, 4.69) is 40.0 Å². The molecule has 1 amide bonds. The average Bonchev–Trinajstić information content (AvgIpc) is 3.04. The van der Waals surface area contributed by atoms with Gasteiger partial charge in [0.2, 0.25) is 5.91 Å². The molecule has 6 nitrogen and oxygen atoms in total. The van der Waals surface area contributed by atoms with Gasteiger partial charge in [0, 0.05) is 19.0 Å². The van der Waals surface area contributed by atoms with Crippen LogP contribution in [0.3, 0.4) is 0 Å². The highest BCUT2D eigenvalue weighted by Crippen LogP contribution is 2.22. The second kappa shape index (κ2) is 7.14. The fraction of sp³-hybridized carbons (Fsp3) is 0.579. The first-order valence-corrected chi connectivity index (χ1v) is 9.23. The summed E-state index contributed by atoms with van der Waals surface area (Å²) >= 11 is 0. The molecule has 25 heavy (non-hydrogen) atoms. The van der Waals surface area contributed by atoms with Gasteiger partial charge in [-0.3, -0.25) is 9.69 Å². The third-order valence-corrected chi connectivity index (χ3v) is 5.32. The van der Waals surface area contributed by atoms with Gasteiger partial charge in [-0.2, -0.15) is 0 Å². The summed E-state index contributed by atoms with van der Waals surface area (Å²) in [4.78, 5) is 25.1. The lowest BCUT2D eigenvalue weighted by atomic mass is 9.95. The summed E-state index contributed by atoms with van der Waals surface area (Å²) in [5.74, 6) is 1.51. The molecular formula is C19H26N4O2. The summed E-state index contributed by atoms with van der Waals surface area (Å²) in [6, 6.07) is 6.30. The van der Waals surface area contributed by atoms with Gasteiger partial charge in [-0.15, -0.1) is 0 Å². The molecule has 0 aliphatic carbocycles. The van der Waals surface area contributed by atoms with E-state index in [1.165, 1.54) is 5.56 Å². The van der Waals surface area contributed by atoms with E-state index in [0.717, 1.165) is 62.4 Å². The van der Waals surface area contributed by atoms with Crippen LogP contribution in [-0.4, -0.2) is 65.1 Å². The van der Waals surface area contributed by atoms with Crippen molar-refractivity contribution in [1.29, 1.82) is 0 Å². The number of amides is 1. The first-order valence-electron chi connectivity index (χ1n) is 9.23. The molecule has 2 fully saturated rings. The highest BCUT2D eigenvalue weighted by Gasteiger charge is 2.29. The lowest BCUT2D eigenvalue weighted by molar-refractivity contribution is -0.141. The lowest BCUT2D eigenvalue weighted by Crippen LogP contribution is -2.46. The number of rotatable bonds is 3. The maximum absolute atomic E-state index is 12.6. The molecule has 1 aromatic heterocycles. The largest absolute Gasteiger partial charge is 0.378 e. The van der Waals surface area contributed by atoms with Crippen molar-refractivity contribution in [3.63, 3.8) is 0 Å². The third-order valence-electron chi connectivity index (χ3n) is 5.32. The fourth-order valence-corrected chi connectivity index (χ4v) is 3.84. The molecule has 1 N–H and O–H groups in total. The molecule has 0 bridgehead atoms. The van der Waals surface area contributed by atoms with Crippen LogP contribution in [0.4, 0.5) is 0 Å². The maximum atomic E-state index is 12.6. The number of aromatic amines is 1. The van der Waals surface area contributed by atoms with Crippen LogP contribution in [0.1, 0.15) is 24.2 Å². The number of benzene rings is 1. The molecule has 3 heterocycles. The van der Waals surface area contributed by atoms with Crippen molar-refractivity contribution >= 4 is 16.9 Å². The maximum Gasteiger partial charge on any atom is 0.225 e. The summed E-state index contributed by atoms with van der Waals surface area (Å²) in [7, 11) is 0. The molecule has 2 aliphatic heterocycles. The van der Waals surface area contributed by atoms with Crippen LogP contribution < -0.4 is 0 Å². The number of nitrogens with zero attached hydrogens (tertiary/aromatic N) is 3. The van der Waals surface area contributed by atoms with E-state index in [4.69, 9.17) is 4.74 Å². The number of carbonyl (C=O) groups excluding carboxylic acids is 1. The van der Waals surface area contributed by atoms with Gasteiger partial charge in [-0.1, -0.05) is 6.07 Å². The van der Waals surface area contributed by atoms with Gasteiger partial charge in [0.15, 0.2) is 0 Å². The number of fused-ring (bicyclic) bond motifs is 1. The number of aryl methyl sites for hydroxylation is 1. The van der Waals surface area contributed by atoms with Crippen LogP contribution in [0.2, 0.25) is 0 Å². The van der Waals surface area contributed by atoms with E-state index >= 15 is 0 Å². The molecular weight excluding hydrogens is 316 g/mol. The van der Waals surface area contributed by atoms with Gasteiger partial charge in [0.05, 0.1) is 30.8 Å². The third kappa shape index (κ3) is 3.70. The van der Waals surface area contributed by atoms with Crippen LogP contribution in [-0.2, 0) is 16.1 Å². The SMILES string of the molecule is Cc1ccc2nc(CN3CCC(C(=O)N4CCOCC4)CC3)[nH]c2c1. The first kappa shape index (κ1) is 16.5. The topological polar surface area (TPSA) is 61.5 Å². The van der Waals surface area contributed by atoms with Crippen molar-refractivity contribution < 1.29 is 9.53 Å². The number of likely N-dealkylation sites (tertiary alicyclic amines) is 1. The van der Waals surface area contributed by atoms with Gasteiger partial charge in [0.25, 0.3) is 0 Å². The zero-order valence-corrected chi connectivity index (χ0v) is 14.8. The monoisotopic (exact) mass is 342 g/mol. The number of ether oxygens (including phenoxy) is 1. The molecule has 0 radical (unpaired) electrons. The second-order valence-electron chi connectivity index (χ2n) is 7.19. The Labute approximate surface area is 148 Å². The van der Waals surface area contributed by atoms with E-state index in [-0.39, 0.29) is 5.92 Å². The number of piperidine rings is 1. The number of imidazole rings is 1. The molecule has 2 saturated heterocycles. The molecule has 0 atom stereocenters. The van der Waals surface area contributed by atoms with Gasteiger partial charge in [-0.25, -0.2) is 4.98 Å². The van der Waals surface area contributed by atoms with Crippen molar-refractivity contribution in [1.82, 2.24) is 19.8 Å². The van der Waals surface area contributed by atoms with Crippen LogP contribution in [0.15, 0.2) is 18.2 Å². The summed E-state index contributed by atoms with van der Waals surface area (Å²) < 4.78 is 5.34. The Morgan fingerprint density at radius 2 is 2.00 bits per heavy atom. The van der Waals surface area contributed by atoms with E-state index in [1.807, 2.05) is 4.90 Å². The number of hydrogen-bond acceptors (Lipinski definition) is 4. The summed E-state index contributed by atoms with van der Waals surface area (Å²) in [6.07, 6.45) is 1.88. The van der Waals surface area contributed by atoms with Gasteiger partial charge in [-0.05, 0) is 50.6 Å². The van der Waals surface area contributed by atoms with Crippen molar-refractivity contribution in [3.05, 3.63) is 29.6 Å². The number of carbonyl (C=O) groups is 1. The Hall–Kier alpha value is -1.92. The minimum absolute atomic E-state index is 0.174. The highest BCUT2D eigenvalue weighted by atomic mass is 16.5. The van der Waals surface area contributed by atoms with E-state index in [1.54, 1.807) is 0 Å². The number of H-pyrrole nitrogens is 1. The molecule has 2 aromatic rings. The molecule has 0 unspecified atom stereocenters. The second-order valence-corrected chi connectivity index (χ2v) is 7.19. The van der Waals surface area contributed by atoms with Gasteiger partial charge >= 0.3 is 0 Å². The van der Waals surface area contributed by atoms with Crippen molar-refractivity contribution in [2.75, 3.05) is 39.4 Å².